The molecule has 96 valence electrons. The Hall–Kier alpha value is -1.26. The second-order valence-corrected chi connectivity index (χ2v) is 5.18. The molecule has 1 aromatic rings. The second kappa shape index (κ2) is 4.78. The van der Waals surface area contributed by atoms with Gasteiger partial charge in [0.1, 0.15) is 6.23 Å². The van der Waals surface area contributed by atoms with Gasteiger partial charge in [0.15, 0.2) is 0 Å². The second-order valence-electron chi connectivity index (χ2n) is 4.74. The number of amides is 2. The molecule has 2 heterocycles. The quantitative estimate of drug-likeness (QED) is 0.820. The van der Waals surface area contributed by atoms with Gasteiger partial charge < -0.3 is 15.4 Å². The first-order valence-electron chi connectivity index (χ1n) is 6.18. The molecule has 2 saturated heterocycles. The summed E-state index contributed by atoms with van der Waals surface area (Å²) in [5.74, 6) is 0.276. The molecule has 0 aromatic heterocycles. The van der Waals surface area contributed by atoms with Crippen molar-refractivity contribution in [3.63, 3.8) is 0 Å². The fourth-order valence-corrected chi connectivity index (χ4v) is 2.84. The minimum absolute atomic E-state index is 0.00122. The molecule has 2 aliphatic heterocycles. The molecule has 0 radical (unpaired) electrons. The van der Waals surface area contributed by atoms with Gasteiger partial charge in [0.2, 0.25) is 0 Å². The molecular weight excluding hydrogens is 252 g/mol. The first-order chi connectivity index (χ1) is 8.74. The van der Waals surface area contributed by atoms with Crippen molar-refractivity contribution in [1.29, 1.82) is 0 Å². The van der Waals surface area contributed by atoms with Crippen LogP contribution in [0.4, 0.5) is 4.79 Å². The summed E-state index contributed by atoms with van der Waals surface area (Å²) in [5, 5.41) is 6.51. The summed E-state index contributed by atoms with van der Waals surface area (Å²) in [6, 6.07) is 7.46. The molecule has 3 atom stereocenters. The Bertz CT molecular complexity index is 449. The largest absolute Gasteiger partial charge is 0.358 e. The molecule has 0 saturated carbocycles. The van der Waals surface area contributed by atoms with Gasteiger partial charge in [0, 0.05) is 17.5 Å². The molecule has 0 aliphatic carbocycles. The summed E-state index contributed by atoms with van der Waals surface area (Å²) in [4.78, 5) is 11.6. The minimum atomic E-state index is -0.173. The zero-order chi connectivity index (χ0) is 12.5. The third kappa shape index (κ3) is 2.18. The molecular formula is C13H15ClN2O2. The zero-order valence-electron chi connectivity index (χ0n) is 9.86. The third-order valence-corrected chi connectivity index (χ3v) is 3.84. The van der Waals surface area contributed by atoms with E-state index in [1.807, 2.05) is 24.3 Å². The summed E-state index contributed by atoms with van der Waals surface area (Å²) in [7, 11) is 0. The van der Waals surface area contributed by atoms with E-state index in [4.69, 9.17) is 16.3 Å². The van der Waals surface area contributed by atoms with Gasteiger partial charge in [-0.15, -0.1) is 0 Å². The number of nitrogens with one attached hydrogen (secondary N) is 2. The van der Waals surface area contributed by atoms with Crippen LogP contribution in [0.25, 0.3) is 0 Å². The minimum Gasteiger partial charge on any atom is -0.358 e. The van der Waals surface area contributed by atoms with Crippen LogP contribution >= 0.6 is 11.6 Å². The molecule has 1 aromatic carbocycles. The lowest BCUT2D eigenvalue weighted by atomic mass is 9.85. The SMILES string of the molecule is O=C1N[C@H]2OCCC[C@H]2[C@H](c2ccc(Cl)cc2)N1. The van der Waals surface area contributed by atoms with Crippen molar-refractivity contribution in [2.24, 2.45) is 5.92 Å². The topological polar surface area (TPSA) is 50.4 Å². The van der Waals surface area contributed by atoms with E-state index < -0.39 is 0 Å². The number of carbonyl (C=O) groups is 1. The van der Waals surface area contributed by atoms with Crippen molar-refractivity contribution in [2.75, 3.05) is 6.61 Å². The van der Waals surface area contributed by atoms with Gasteiger partial charge in [-0.1, -0.05) is 23.7 Å². The van der Waals surface area contributed by atoms with Crippen LogP contribution in [-0.2, 0) is 4.74 Å². The maximum atomic E-state index is 11.6. The van der Waals surface area contributed by atoms with E-state index in [1.54, 1.807) is 0 Å². The molecule has 4 nitrogen and oxygen atoms in total. The Balaban J connectivity index is 1.88. The van der Waals surface area contributed by atoms with E-state index in [2.05, 4.69) is 10.6 Å². The van der Waals surface area contributed by atoms with E-state index in [0.717, 1.165) is 25.0 Å². The van der Waals surface area contributed by atoms with E-state index in [9.17, 15) is 4.79 Å². The van der Waals surface area contributed by atoms with Crippen LogP contribution in [0.5, 0.6) is 0 Å². The average molecular weight is 267 g/mol. The van der Waals surface area contributed by atoms with Crippen molar-refractivity contribution in [1.82, 2.24) is 10.6 Å². The van der Waals surface area contributed by atoms with Crippen LogP contribution in [0.15, 0.2) is 24.3 Å². The van der Waals surface area contributed by atoms with Crippen LogP contribution in [0, 0.1) is 5.92 Å². The Morgan fingerprint density at radius 1 is 1.22 bits per heavy atom. The number of halogens is 1. The third-order valence-electron chi connectivity index (χ3n) is 3.59. The number of hydrogen-bond acceptors (Lipinski definition) is 2. The van der Waals surface area contributed by atoms with Crippen molar-refractivity contribution < 1.29 is 9.53 Å². The van der Waals surface area contributed by atoms with Gasteiger partial charge >= 0.3 is 6.03 Å². The highest BCUT2D eigenvalue weighted by Gasteiger charge is 2.39. The highest BCUT2D eigenvalue weighted by molar-refractivity contribution is 6.30. The molecule has 0 spiro atoms. The van der Waals surface area contributed by atoms with Gasteiger partial charge in [0.25, 0.3) is 0 Å². The predicted octanol–water partition coefficient (Wildman–Crippen LogP) is 2.45. The summed E-state index contributed by atoms with van der Waals surface area (Å²) in [5.41, 5.74) is 1.08. The number of carbonyl (C=O) groups excluding carboxylic acids is 1. The summed E-state index contributed by atoms with van der Waals surface area (Å²) < 4.78 is 5.63. The van der Waals surface area contributed by atoms with Gasteiger partial charge in [-0.05, 0) is 30.5 Å². The van der Waals surface area contributed by atoms with Gasteiger partial charge in [0.05, 0.1) is 6.04 Å². The van der Waals surface area contributed by atoms with Crippen LogP contribution in [-0.4, -0.2) is 18.9 Å². The molecule has 2 amide bonds. The maximum Gasteiger partial charge on any atom is 0.317 e. The number of benzene rings is 1. The molecule has 0 unspecified atom stereocenters. The highest BCUT2D eigenvalue weighted by Crippen LogP contribution is 2.34. The Morgan fingerprint density at radius 2 is 2.00 bits per heavy atom. The lowest BCUT2D eigenvalue weighted by molar-refractivity contribution is -0.0602. The number of hydrogen-bond donors (Lipinski definition) is 2. The summed E-state index contributed by atoms with van der Waals surface area (Å²) in [6.45, 7) is 0.717. The predicted molar refractivity (Wildman–Crippen MR) is 68.3 cm³/mol. The number of rotatable bonds is 1. The van der Waals surface area contributed by atoms with Gasteiger partial charge in [-0.2, -0.15) is 0 Å². The molecule has 18 heavy (non-hydrogen) atoms. The Morgan fingerprint density at radius 3 is 2.78 bits per heavy atom. The fourth-order valence-electron chi connectivity index (χ4n) is 2.71. The van der Waals surface area contributed by atoms with E-state index >= 15 is 0 Å². The molecule has 0 bridgehead atoms. The van der Waals surface area contributed by atoms with Crippen LogP contribution in [0.3, 0.4) is 0 Å². The van der Waals surface area contributed by atoms with Gasteiger partial charge in [-0.25, -0.2) is 4.79 Å². The number of urea groups is 1. The Kier molecular flexibility index (Phi) is 3.14. The van der Waals surface area contributed by atoms with Crippen molar-refractivity contribution in [2.45, 2.75) is 25.1 Å². The van der Waals surface area contributed by atoms with Crippen molar-refractivity contribution in [3.05, 3.63) is 34.9 Å². The van der Waals surface area contributed by atoms with Crippen molar-refractivity contribution >= 4 is 17.6 Å². The first-order valence-corrected chi connectivity index (χ1v) is 6.56. The van der Waals surface area contributed by atoms with Crippen molar-refractivity contribution in [3.8, 4) is 0 Å². The molecule has 3 rings (SSSR count). The van der Waals surface area contributed by atoms with E-state index in [0.29, 0.717) is 5.02 Å². The molecule has 2 aliphatic rings. The summed E-state index contributed by atoms with van der Waals surface area (Å²) >= 11 is 5.89. The highest BCUT2D eigenvalue weighted by atomic mass is 35.5. The van der Waals surface area contributed by atoms with Crippen LogP contribution in [0.1, 0.15) is 24.4 Å². The average Bonchev–Trinajstić information content (AvgIpc) is 2.38. The maximum absolute atomic E-state index is 11.6. The smallest absolute Gasteiger partial charge is 0.317 e. The Labute approximate surface area is 111 Å². The number of fused-ring (bicyclic) bond motifs is 1. The molecule has 2 N–H and O–H groups in total. The molecule has 2 fully saturated rings. The number of ether oxygens (including phenoxy) is 1. The molecule has 5 heteroatoms. The monoisotopic (exact) mass is 266 g/mol. The first kappa shape index (κ1) is 11.8. The van der Waals surface area contributed by atoms with Crippen LogP contribution < -0.4 is 10.6 Å². The summed E-state index contributed by atoms with van der Waals surface area (Å²) in [6.07, 6.45) is 1.90. The fraction of sp³-hybridized carbons (Fsp3) is 0.462. The van der Waals surface area contributed by atoms with Crippen LogP contribution in [0.2, 0.25) is 5.02 Å². The van der Waals surface area contributed by atoms with E-state index in [1.165, 1.54) is 0 Å². The normalized spacial score (nSPS) is 31.2. The van der Waals surface area contributed by atoms with Gasteiger partial charge in [-0.3, -0.25) is 0 Å². The van der Waals surface area contributed by atoms with E-state index in [-0.39, 0.29) is 24.2 Å². The standard InChI is InChI=1S/C13H15ClN2O2/c14-9-5-3-8(4-6-9)11-10-2-1-7-18-12(10)16-13(17)15-11/h3-6,10-12H,1-2,7H2,(H2,15,16,17)/t10-,11-,12-/m0/s1. The zero-order valence-corrected chi connectivity index (χ0v) is 10.6. The lowest BCUT2D eigenvalue weighted by Crippen LogP contribution is -2.58. The lowest BCUT2D eigenvalue weighted by Gasteiger charge is -2.41.